The van der Waals surface area contributed by atoms with E-state index in [1.54, 1.807) is 7.05 Å². The molecule has 0 bridgehead atoms. The Morgan fingerprint density at radius 1 is 1.32 bits per heavy atom. The molecular formula is C18H20F2N6O2. The zero-order valence-corrected chi connectivity index (χ0v) is 15.3. The standard InChI is InChI=1S/C18H20F2N6O2/c1-25-13(6-21-24-25)16-22-15-9(3-2-4-18(15,19)20)17(23-16)26-7-11-10(5-14(27)28)12(11)8-26/h6,10-12H,2-5,7-8H2,1H3,(H,27,28)/t10?,11-,12+. The summed E-state index contributed by atoms with van der Waals surface area (Å²) in [6, 6.07) is 0. The fourth-order valence-corrected chi connectivity index (χ4v) is 4.81. The molecule has 0 spiro atoms. The number of nitrogens with zero attached hydrogens (tertiary/aromatic N) is 6. The molecule has 0 aromatic carbocycles. The van der Waals surface area contributed by atoms with E-state index in [-0.39, 0.29) is 30.3 Å². The van der Waals surface area contributed by atoms with Crippen molar-refractivity contribution in [3.8, 4) is 11.5 Å². The lowest BCUT2D eigenvalue weighted by Gasteiger charge is -2.30. The Morgan fingerprint density at radius 3 is 2.71 bits per heavy atom. The number of hydrogen-bond acceptors (Lipinski definition) is 6. The number of halogens is 2. The van der Waals surface area contributed by atoms with E-state index in [9.17, 15) is 13.6 Å². The molecule has 1 saturated heterocycles. The first-order valence-corrected chi connectivity index (χ1v) is 9.46. The Morgan fingerprint density at radius 2 is 2.07 bits per heavy atom. The number of carboxylic acid groups (broad SMARTS) is 1. The number of anilines is 1. The number of aryl methyl sites for hydroxylation is 1. The van der Waals surface area contributed by atoms with Gasteiger partial charge >= 0.3 is 5.97 Å². The average Bonchev–Trinajstić information content (AvgIpc) is 3.01. The van der Waals surface area contributed by atoms with E-state index in [0.717, 1.165) is 0 Å². The van der Waals surface area contributed by atoms with Crippen molar-refractivity contribution in [2.45, 2.75) is 31.6 Å². The summed E-state index contributed by atoms with van der Waals surface area (Å²) in [4.78, 5) is 21.9. The van der Waals surface area contributed by atoms with E-state index in [2.05, 4.69) is 20.3 Å². The summed E-state index contributed by atoms with van der Waals surface area (Å²) in [5, 5.41) is 16.7. The van der Waals surface area contributed by atoms with E-state index in [4.69, 9.17) is 5.11 Å². The quantitative estimate of drug-likeness (QED) is 0.851. The molecule has 28 heavy (non-hydrogen) atoms. The fraction of sp³-hybridized carbons (Fsp3) is 0.611. The van der Waals surface area contributed by atoms with Crippen LogP contribution in [0.3, 0.4) is 0 Å². The van der Waals surface area contributed by atoms with Crippen molar-refractivity contribution in [1.29, 1.82) is 0 Å². The van der Waals surface area contributed by atoms with Gasteiger partial charge in [-0.15, -0.1) is 5.10 Å². The maximum absolute atomic E-state index is 14.7. The Labute approximate surface area is 159 Å². The van der Waals surface area contributed by atoms with Crippen LogP contribution in [0, 0.1) is 17.8 Å². The van der Waals surface area contributed by atoms with E-state index in [1.807, 2.05) is 4.90 Å². The second kappa shape index (κ2) is 5.92. The highest BCUT2D eigenvalue weighted by Gasteiger charge is 2.57. The first-order valence-electron chi connectivity index (χ1n) is 9.46. The van der Waals surface area contributed by atoms with E-state index < -0.39 is 11.9 Å². The molecule has 3 heterocycles. The molecule has 2 aromatic rings. The van der Waals surface area contributed by atoms with Crippen LogP contribution in [-0.4, -0.2) is 49.1 Å². The summed E-state index contributed by atoms with van der Waals surface area (Å²) in [5.41, 5.74) is 0.812. The lowest BCUT2D eigenvalue weighted by molar-refractivity contribution is -0.137. The Bertz CT molecular complexity index is 950. The molecular weight excluding hydrogens is 370 g/mol. The van der Waals surface area contributed by atoms with Crippen molar-refractivity contribution in [2.24, 2.45) is 24.8 Å². The number of fused-ring (bicyclic) bond motifs is 2. The molecule has 1 aliphatic heterocycles. The summed E-state index contributed by atoms with van der Waals surface area (Å²) in [6.45, 7) is 1.31. The van der Waals surface area contributed by atoms with Crippen LogP contribution in [0.25, 0.3) is 11.5 Å². The first-order chi connectivity index (χ1) is 13.3. The van der Waals surface area contributed by atoms with Crippen molar-refractivity contribution >= 4 is 11.8 Å². The number of piperidine rings is 1. The van der Waals surface area contributed by atoms with Crippen LogP contribution in [0.1, 0.15) is 30.5 Å². The minimum absolute atomic E-state index is 0.176. The van der Waals surface area contributed by atoms with Gasteiger partial charge in [0.05, 0.1) is 6.20 Å². The molecule has 1 N–H and O–H groups in total. The predicted molar refractivity (Wildman–Crippen MR) is 93.8 cm³/mol. The Kier molecular flexibility index (Phi) is 3.69. The highest BCUT2D eigenvalue weighted by molar-refractivity contribution is 5.68. The number of carbonyl (C=O) groups is 1. The monoisotopic (exact) mass is 390 g/mol. The van der Waals surface area contributed by atoms with E-state index >= 15 is 0 Å². The third kappa shape index (κ3) is 2.65. The van der Waals surface area contributed by atoms with Crippen molar-refractivity contribution < 1.29 is 18.7 Å². The summed E-state index contributed by atoms with van der Waals surface area (Å²) >= 11 is 0. The van der Waals surface area contributed by atoms with Crippen molar-refractivity contribution in [2.75, 3.05) is 18.0 Å². The normalized spacial score (nSPS) is 27.4. The maximum atomic E-state index is 14.7. The van der Waals surface area contributed by atoms with Crippen molar-refractivity contribution in [3.05, 3.63) is 17.5 Å². The minimum Gasteiger partial charge on any atom is -0.481 e. The van der Waals surface area contributed by atoms with Gasteiger partial charge in [-0.25, -0.2) is 14.6 Å². The molecule has 3 aliphatic rings. The predicted octanol–water partition coefficient (Wildman–Crippen LogP) is 1.86. The summed E-state index contributed by atoms with van der Waals surface area (Å²) in [7, 11) is 1.67. The summed E-state index contributed by atoms with van der Waals surface area (Å²) in [5.74, 6) is -2.22. The molecule has 1 saturated carbocycles. The smallest absolute Gasteiger partial charge is 0.303 e. The Balaban J connectivity index is 1.53. The second-order valence-corrected chi connectivity index (χ2v) is 7.99. The zero-order valence-electron chi connectivity index (χ0n) is 15.3. The number of aliphatic carboxylic acids is 1. The maximum Gasteiger partial charge on any atom is 0.303 e. The third-order valence-electron chi connectivity index (χ3n) is 6.27. The van der Waals surface area contributed by atoms with Crippen LogP contribution in [0.5, 0.6) is 0 Å². The lowest BCUT2D eigenvalue weighted by atomic mass is 9.92. The van der Waals surface area contributed by atoms with Gasteiger partial charge < -0.3 is 10.0 Å². The molecule has 2 fully saturated rings. The average molecular weight is 390 g/mol. The zero-order chi connectivity index (χ0) is 19.6. The van der Waals surface area contributed by atoms with Gasteiger partial charge in [-0.2, -0.15) is 8.78 Å². The molecule has 2 aromatic heterocycles. The SMILES string of the molecule is Cn1nncc1-c1nc(N2C[C@@H]3C(CC(=O)O)[C@@H]3C2)c2c(n1)C(F)(F)CCC2. The molecule has 1 unspecified atom stereocenters. The largest absolute Gasteiger partial charge is 0.481 e. The van der Waals surface area contributed by atoms with Crippen LogP contribution in [-0.2, 0) is 24.2 Å². The molecule has 148 valence electrons. The number of rotatable bonds is 4. The Hall–Kier alpha value is -2.65. The van der Waals surface area contributed by atoms with Gasteiger partial charge in [-0.1, -0.05) is 5.21 Å². The summed E-state index contributed by atoms with van der Waals surface area (Å²) in [6.07, 6.45) is 2.34. The highest BCUT2D eigenvalue weighted by atomic mass is 19.3. The van der Waals surface area contributed by atoms with Gasteiger partial charge in [0.15, 0.2) is 5.82 Å². The molecule has 3 atom stereocenters. The number of hydrogen-bond donors (Lipinski definition) is 1. The van der Waals surface area contributed by atoms with E-state index in [0.29, 0.717) is 54.8 Å². The highest BCUT2D eigenvalue weighted by Crippen LogP contribution is 2.55. The van der Waals surface area contributed by atoms with Gasteiger partial charge in [-0.05, 0) is 30.6 Å². The molecule has 0 amide bonds. The van der Waals surface area contributed by atoms with Gasteiger partial charge in [-0.3, -0.25) is 4.79 Å². The summed E-state index contributed by atoms with van der Waals surface area (Å²) < 4.78 is 30.8. The van der Waals surface area contributed by atoms with Gasteiger partial charge in [0, 0.05) is 38.5 Å². The van der Waals surface area contributed by atoms with Gasteiger partial charge in [0.2, 0.25) is 0 Å². The molecule has 5 rings (SSSR count). The molecule has 10 heteroatoms. The topological polar surface area (TPSA) is 97.0 Å². The molecule has 2 aliphatic carbocycles. The lowest BCUT2D eigenvalue weighted by Crippen LogP contribution is -2.31. The van der Waals surface area contributed by atoms with Crippen LogP contribution in [0.15, 0.2) is 6.20 Å². The molecule has 8 nitrogen and oxygen atoms in total. The minimum atomic E-state index is -2.99. The number of carboxylic acids is 1. The third-order valence-corrected chi connectivity index (χ3v) is 6.27. The fourth-order valence-electron chi connectivity index (χ4n) is 4.81. The van der Waals surface area contributed by atoms with Gasteiger partial charge in [0.25, 0.3) is 5.92 Å². The van der Waals surface area contributed by atoms with Crippen LogP contribution in [0.4, 0.5) is 14.6 Å². The first kappa shape index (κ1) is 17.4. The van der Waals surface area contributed by atoms with Gasteiger partial charge in [0.1, 0.15) is 17.2 Å². The van der Waals surface area contributed by atoms with E-state index in [1.165, 1.54) is 10.9 Å². The van der Waals surface area contributed by atoms with Crippen molar-refractivity contribution in [1.82, 2.24) is 25.0 Å². The molecule has 0 radical (unpaired) electrons. The van der Waals surface area contributed by atoms with Crippen LogP contribution in [0.2, 0.25) is 0 Å². The van der Waals surface area contributed by atoms with Crippen molar-refractivity contribution in [3.63, 3.8) is 0 Å². The van der Waals surface area contributed by atoms with Crippen LogP contribution >= 0.6 is 0 Å². The van der Waals surface area contributed by atoms with Crippen LogP contribution < -0.4 is 4.90 Å². The second-order valence-electron chi connectivity index (χ2n) is 7.99. The number of aromatic nitrogens is 5. The number of alkyl halides is 2.